The molecule has 0 fully saturated rings. The summed E-state index contributed by atoms with van der Waals surface area (Å²) in [6.07, 6.45) is 1.66. The van der Waals surface area contributed by atoms with Crippen LogP contribution in [0.5, 0.6) is 0 Å². The van der Waals surface area contributed by atoms with Gasteiger partial charge in [-0.3, -0.25) is 5.10 Å². The summed E-state index contributed by atoms with van der Waals surface area (Å²) in [6.45, 7) is 0. The van der Waals surface area contributed by atoms with E-state index in [9.17, 15) is 0 Å². The van der Waals surface area contributed by atoms with Crippen LogP contribution in [0.4, 0.5) is 0 Å². The van der Waals surface area contributed by atoms with Gasteiger partial charge in [-0.15, -0.1) is 11.3 Å². The molecule has 0 bridgehead atoms. The molecule has 66 valence electrons. The van der Waals surface area contributed by atoms with E-state index >= 15 is 0 Å². The Labute approximate surface area is 79.0 Å². The van der Waals surface area contributed by atoms with Crippen LogP contribution in [-0.2, 0) is 0 Å². The highest BCUT2D eigenvalue weighted by Gasteiger charge is 2.14. The zero-order valence-electron chi connectivity index (χ0n) is 6.64. The zero-order valence-corrected chi connectivity index (χ0v) is 7.45. The molecule has 3 N–H and O–H groups in total. The van der Waals surface area contributed by atoms with Crippen LogP contribution in [0.15, 0.2) is 24.4 Å². The Hall–Kier alpha value is -1.11. The number of nitrogens with one attached hydrogen (secondary N) is 1. The maximum atomic E-state index is 8.87. The van der Waals surface area contributed by atoms with Crippen molar-refractivity contribution in [2.75, 3.05) is 0 Å². The summed E-state index contributed by atoms with van der Waals surface area (Å²) >= 11 is 1.33. The van der Waals surface area contributed by atoms with Crippen LogP contribution < -0.4 is 4.78 Å². The van der Waals surface area contributed by atoms with Crippen molar-refractivity contribution >= 4 is 23.2 Å². The van der Waals surface area contributed by atoms with Crippen molar-refractivity contribution in [1.82, 2.24) is 10.2 Å². The predicted molar refractivity (Wildman–Crippen MR) is 51.7 cm³/mol. The molecule has 6 heteroatoms. The zero-order chi connectivity index (χ0) is 9.26. The van der Waals surface area contributed by atoms with E-state index in [1.807, 2.05) is 12.1 Å². The number of rotatable bonds is 2. The number of nitrogens with zero attached hydrogens (tertiary/aromatic N) is 1. The fourth-order valence-corrected chi connectivity index (χ4v) is 1.88. The summed E-state index contributed by atoms with van der Waals surface area (Å²) in [6, 6.07) is 5.35. The molecule has 0 aliphatic carbocycles. The van der Waals surface area contributed by atoms with Crippen molar-refractivity contribution in [2.24, 2.45) is 0 Å². The van der Waals surface area contributed by atoms with Crippen LogP contribution in [0, 0.1) is 0 Å². The standard InChI is InChI=1S/C7H7BN2O2S/c11-8(12)7-2-1-6(13-7)5-3-4-9-10-5/h1-4,11-12H,(H,9,10). The molecule has 0 saturated carbocycles. The topological polar surface area (TPSA) is 69.1 Å². The maximum absolute atomic E-state index is 8.87. The Morgan fingerprint density at radius 3 is 2.69 bits per heavy atom. The minimum absolute atomic E-state index is 0.532. The number of hydrogen-bond donors (Lipinski definition) is 3. The molecule has 0 spiro atoms. The van der Waals surface area contributed by atoms with Gasteiger partial charge in [0.1, 0.15) is 0 Å². The molecule has 0 unspecified atom stereocenters. The summed E-state index contributed by atoms with van der Waals surface area (Å²) in [4.78, 5) is 0.945. The number of aromatic amines is 1. The van der Waals surface area contributed by atoms with Crippen LogP contribution >= 0.6 is 11.3 Å². The average molecular weight is 194 g/mol. The Balaban J connectivity index is 2.33. The van der Waals surface area contributed by atoms with Crippen molar-refractivity contribution in [3.63, 3.8) is 0 Å². The van der Waals surface area contributed by atoms with Crippen molar-refractivity contribution < 1.29 is 10.0 Å². The van der Waals surface area contributed by atoms with Gasteiger partial charge in [0.2, 0.25) is 0 Å². The third kappa shape index (κ3) is 1.64. The van der Waals surface area contributed by atoms with E-state index in [4.69, 9.17) is 10.0 Å². The van der Waals surface area contributed by atoms with Gasteiger partial charge in [-0.2, -0.15) is 5.10 Å². The molecule has 0 saturated heterocycles. The lowest BCUT2D eigenvalue weighted by atomic mass is 9.90. The quantitative estimate of drug-likeness (QED) is 0.580. The Bertz CT molecular complexity index is 385. The van der Waals surface area contributed by atoms with Crippen molar-refractivity contribution in [3.8, 4) is 10.6 Å². The summed E-state index contributed by atoms with van der Waals surface area (Å²) in [5.41, 5.74) is 0.886. The minimum Gasteiger partial charge on any atom is -0.423 e. The van der Waals surface area contributed by atoms with Gasteiger partial charge in [0, 0.05) is 11.0 Å². The van der Waals surface area contributed by atoms with Crippen LogP contribution in [0.25, 0.3) is 10.6 Å². The van der Waals surface area contributed by atoms with E-state index in [-0.39, 0.29) is 0 Å². The van der Waals surface area contributed by atoms with Crippen molar-refractivity contribution in [1.29, 1.82) is 0 Å². The second kappa shape index (κ2) is 3.33. The van der Waals surface area contributed by atoms with Gasteiger partial charge in [-0.1, -0.05) is 6.07 Å². The van der Waals surface area contributed by atoms with E-state index < -0.39 is 7.12 Å². The first-order valence-electron chi connectivity index (χ1n) is 3.73. The van der Waals surface area contributed by atoms with Gasteiger partial charge in [0.25, 0.3) is 0 Å². The third-order valence-corrected chi connectivity index (χ3v) is 2.81. The molecule has 0 radical (unpaired) electrons. The first-order valence-corrected chi connectivity index (χ1v) is 4.54. The monoisotopic (exact) mass is 194 g/mol. The van der Waals surface area contributed by atoms with Crippen LogP contribution in [0.2, 0.25) is 0 Å². The largest absolute Gasteiger partial charge is 0.499 e. The number of hydrogen-bond acceptors (Lipinski definition) is 4. The van der Waals surface area contributed by atoms with Crippen LogP contribution in [-0.4, -0.2) is 27.4 Å². The van der Waals surface area contributed by atoms with Crippen LogP contribution in [0.3, 0.4) is 0 Å². The fourth-order valence-electron chi connectivity index (χ4n) is 1.03. The highest BCUT2D eigenvalue weighted by molar-refractivity contribution is 7.24. The van der Waals surface area contributed by atoms with E-state index in [0.29, 0.717) is 4.78 Å². The number of thiophene rings is 1. The van der Waals surface area contributed by atoms with Gasteiger partial charge >= 0.3 is 7.12 Å². The molecular weight excluding hydrogens is 187 g/mol. The molecule has 0 aromatic carbocycles. The number of aromatic nitrogens is 2. The van der Waals surface area contributed by atoms with Crippen molar-refractivity contribution in [3.05, 3.63) is 24.4 Å². The molecule has 0 aliphatic rings. The van der Waals surface area contributed by atoms with Gasteiger partial charge in [0.15, 0.2) is 0 Å². The van der Waals surface area contributed by atoms with Crippen molar-refractivity contribution in [2.45, 2.75) is 0 Å². The highest BCUT2D eigenvalue weighted by Crippen LogP contribution is 2.20. The van der Waals surface area contributed by atoms with E-state index in [2.05, 4.69) is 10.2 Å². The molecule has 0 aliphatic heterocycles. The first-order chi connectivity index (χ1) is 6.27. The van der Waals surface area contributed by atoms with Gasteiger partial charge < -0.3 is 10.0 Å². The number of H-pyrrole nitrogens is 1. The molecule has 2 aromatic rings. The first kappa shape index (κ1) is 8.49. The Morgan fingerprint density at radius 2 is 2.15 bits per heavy atom. The molecule has 0 amide bonds. The normalized spacial score (nSPS) is 10.3. The SMILES string of the molecule is OB(O)c1ccc(-c2ccn[nH]2)s1. The summed E-state index contributed by atoms with van der Waals surface area (Å²) < 4.78 is 0.532. The van der Waals surface area contributed by atoms with Crippen LogP contribution in [0.1, 0.15) is 0 Å². The third-order valence-electron chi connectivity index (χ3n) is 1.65. The van der Waals surface area contributed by atoms with Gasteiger partial charge in [0.05, 0.1) is 10.6 Å². The lowest BCUT2D eigenvalue weighted by Crippen LogP contribution is -2.26. The van der Waals surface area contributed by atoms with E-state index in [1.54, 1.807) is 12.3 Å². The van der Waals surface area contributed by atoms with E-state index in [0.717, 1.165) is 10.6 Å². The lowest BCUT2D eigenvalue weighted by molar-refractivity contribution is 0.427. The Morgan fingerprint density at radius 1 is 1.31 bits per heavy atom. The lowest BCUT2D eigenvalue weighted by Gasteiger charge is -1.90. The summed E-state index contributed by atoms with van der Waals surface area (Å²) in [7, 11) is -1.39. The molecule has 0 atom stereocenters. The molecule has 2 rings (SSSR count). The fraction of sp³-hybridized carbons (Fsp3) is 0. The smallest absolute Gasteiger partial charge is 0.423 e. The second-order valence-electron chi connectivity index (χ2n) is 2.55. The van der Waals surface area contributed by atoms with E-state index in [1.165, 1.54) is 11.3 Å². The average Bonchev–Trinajstić information content (AvgIpc) is 2.75. The molecule has 2 aromatic heterocycles. The molecule has 2 heterocycles. The molecular formula is C7H7BN2O2S. The Kier molecular flexibility index (Phi) is 2.18. The van der Waals surface area contributed by atoms with Gasteiger partial charge in [-0.25, -0.2) is 0 Å². The maximum Gasteiger partial charge on any atom is 0.499 e. The second-order valence-corrected chi connectivity index (χ2v) is 3.66. The van der Waals surface area contributed by atoms with Gasteiger partial charge in [-0.05, 0) is 12.1 Å². The predicted octanol–water partition coefficient (Wildman–Crippen LogP) is -0.182. The summed E-state index contributed by atoms with van der Waals surface area (Å²) in [5, 5.41) is 24.4. The molecule has 4 nitrogen and oxygen atoms in total. The summed E-state index contributed by atoms with van der Waals surface area (Å²) in [5.74, 6) is 0. The highest BCUT2D eigenvalue weighted by atomic mass is 32.1. The molecule has 13 heavy (non-hydrogen) atoms. The minimum atomic E-state index is -1.39.